The minimum absolute atomic E-state index is 1.04. The van der Waals surface area contributed by atoms with Gasteiger partial charge in [0.2, 0.25) is 0 Å². The van der Waals surface area contributed by atoms with Gasteiger partial charge in [0.25, 0.3) is 0 Å². The number of rotatable bonds is 24. The van der Waals surface area contributed by atoms with Gasteiger partial charge in [-0.05, 0) is 73.7 Å². The van der Waals surface area contributed by atoms with Crippen molar-refractivity contribution < 1.29 is 12.3 Å². The van der Waals surface area contributed by atoms with Crippen LogP contribution in [0.4, 0.5) is 0 Å². The maximum Gasteiger partial charge on any atom is 0.469 e. The summed E-state index contributed by atoms with van der Waals surface area (Å²) in [4.78, 5) is 0. The highest BCUT2D eigenvalue weighted by molar-refractivity contribution is 6.92. The molecule has 0 saturated carbocycles. The zero-order valence-electron chi connectivity index (χ0n) is 25.5. The van der Waals surface area contributed by atoms with Gasteiger partial charge in [-0.25, -0.2) is 0 Å². The molecule has 0 aromatic carbocycles. The van der Waals surface area contributed by atoms with Gasteiger partial charge in [0.1, 0.15) is 0 Å². The quantitative estimate of drug-likeness (QED) is 0.0667. The standard InChI is InChI=1S/C28H64O3Si4/c1-11-21-22-23-24-25-26-27-28-35(29-32(12-2,13-3)14-4,30-33(15-5,16-6)17-7)31-34(18-8,19-9)20-10/h11H,1,12-28H2,2-10H3. The van der Waals surface area contributed by atoms with Gasteiger partial charge < -0.3 is 12.3 Å². The molecule has 0 aromatic heterocycles. The summed E-state index contributed by atoms with van der Waals surface area (Å²) in [5.41, 5.74) is 0. The Morgan fingerprint density at radius 1 is 0.457 bits per heavy atom. The van der Waals surface area contributed by atoms with E-state index in [0.29, 0.717) is 0 Å². The van der Waals surface area contributed by atoms with Crippen LogP contribution in [-0.4, -0.2) is 33.8 Å². The van der Waals surface area contributed by atoms with E-state index in [1.807, 2.05) is 6.08 Å². The van der Waals surface area contributed by atoms with Crippen molar-refractivity contribution in [3.8, 4) is 0 Å². The van der Waals surface area contributed by atoms with Gasteiger partial charge in [-0.3, -0.25) is 0 Å². The van der Waals surface area contributed by atoms with E-state index >= 15 is 0 Å². The Morgan fingerprint density at radius 3 is 1.03 bits per heavy atom. The van der Waals surface area contributed by atoms with Gasteiger partial charge in [0.05, 0.1) is 0 Å². The van der Waals surface area contributed by atoms with E-state index in [9.17, 15) is 0 Å². The third-order valence-corrected chi connectivity index (χ3v) is 30.5. The molecule has 0 aromatic rings. The topological polar surface area (TPSA) is 27.7 Å². The molecule has 0 atom stereocenters. The van der Waals surface area contributed by atoms with Crippen LogP contribution in [0.25, 0.3) is 0 Å². The fourth-order valence-electron chi connectivity index (χ4n) is 5.44. The first-order chi connectivity index (χ1) is 16.7. The van der Waals surface area contributed by atoms with E-state index in [2.05, 4.69) is 68.9 Å². The molecule has 210 valence electrons. The Balaban J connectivity index is 6.16. The summed E-state index contributed by atoms with van der Waals surface area (Å²) in [6, 6.07) is 11.6. The van der Waals surface area contributed by atoms with Gasteiger partial charge >= 0.3 is 8.80 Å². The third kappa shape index (κ3) is 11.4. The fraction of sp³-hybridized carbons (Fsp3) is 0.929. The smallest absolute Gasteiger partial charge is 0.416 e. The lowest BCUT2D eigenvalue weighted by molar-refractivity contribution is 0.237. The zero-order valence-corrected chi connectivity index (χ0v) is 29.5. The first-order valence-electron chi connectivity index (χ1n) is 15.4. The van der Waals surface area contributed by atoms with Crippen molar-refractivity contribution in [2.45, 2.75) is 168 Å². The molecule has 3 nitrogen and oxygen atoms in total. The van der Waals surface area contributed by atoms with Crippen molar-refractivity contribution in [2.24, 2.45) is 0 Å². The van der Waals surface area contributed by atoms with Crippen LogP contribution < -0.4 is 0 Å². The summed E-state index contributed by atoms with van der Waals surface area (Å²) in [6.07, 6.45) is 10.9. The predicted molar refractivity (Wildman–Crippen MR) is 168 cm³/mol. The Labute approximate surface area is 226 Å². The Hall–Kier alpha value is 0.488. The Bertz CT molecular complexity index is 452. The monoisotopic (exact) mass is 560 g/mol. The summed E-state index contributed by atoms with van der Waals surface area (Å²) in [7, 11) is -8.42. The summed E-state index contributed by atoms with van der Waals surface area (Å²) < 4.78 is 22.6. The van der Waals surface area contributed by atoms with E-state index in [4.69, 9.17) is 12.3 Å². The normalized spacial score (nSPS) is 13.4. The van der Waals surface area contributed by atoms with Crippen LogP contribution in [0.2, 0.25) is 60.4 Å². The van der Waals surface area contributed by atoms with E-state index in [0.717, 1.165) is 12.5 Å². The number of hydrogen-bond donors (Lipinski definition) is 0. The second-order valence-electron chi connectivity index (χ2n) is 10.7. The molecule has 0 fully saturated rings. The molecule has 0 spiro atoms. The first-order valence-corrected chi connectivity index (χ1v) is 25.0. The van der Waals surface area contributed by atoms with E-state index < -0.39 is 33.8 Å². The number of unbranched alkanes of at least 4 members (excludes halogenated alkanes) is 6. The molecule has 35 heavy (non-hydrogen) atoms. The largest absolute Gasteiger partial charge is 0.469 e. The van der Waals surface area contributed by atoms with Gasteiger partial charge in [-0.1, -0.05) is 94.1 Å². The van der Waals surface area contributed by atoms with E-state index in [-0.39, 0.29) is 0 Å². The van der Waals surface area contributed by atoms with Crippen LogP contribution in [0.15, 0.2) is 12.7 Å². The van der Waals surface area contributed by atoms with E-state index in [1.165, 1.54) is 92.9 Å². The van der Waals surface area contributed by atoms with Crippen LogP contribution in [0.5, 0.6) is 0 Å². The predicted octanol–water partition coefficient (Wildman–Crippen LogP) is 10.9. The van der Waals surface area contributed by atoms with Crippen LogP contribution in [0, 0.1) is 0 Å². The molecule has 0 amide bonds. The second-order valence-corrected chi connectivity index (χ2v) is 28.4. The molecule has 0 heterocycles. The lowest BCUT2D eigenvalue weighted by Crippen LogP contribution is -2.64. The van der Waals surface area contributed by atoms with Gasteiger partial charge in [-0.2, -0.15) is 0 Å². The Morgan fingerprint density at radius 2 is 0.743 bits per heavy atom. The highest BCUT2D eigenvalue weighted by atomic mass is 28.5. The average molecular weight is 561 g/mol. The molecule has 0 bridgehead atoms. The molecule has 0 radical (unpaired) electrons. The van der Waals surface area contributed by atoms with E-state index in [1.54, 1.807) is 0 Å². The average Bonchev–Trinajstić information content (AvgIpc) is 2.91. The molecular formula is C28H64O3Si4. The molecule has 0 unspecified atom stereocenters. The molecular weight excluding hydrogens is 497 g/mol. The summed E-state index contributed by atoms with van der Waals surface area (Å²) >= 11 is 0. The lowest BCUT2D eigenvalue weighted by atomic mass is 10.1. The van der Waals surface area contributed by atoms with Gasteiger partial charge in [0, 0.05) is 6.04 Å². The fourth-order valence-corrected chi connectivity index (χ4v) is 26.6. The van der Waals surface area contributed by atoms with Gasteiger partial charge in [-0.15, -0.1) is 6.58 Å². The van der Waals surface area contributed by atoms with Crippen molar-refractivity contribution in [3.05, 3.63) is 12.7 Å². The van der Waals surface area contributed by atoms with Crippen LogP contribution in [-0.2, 0) is 12.3 Å². The molecule has 0 aliphatic rings. The number of allylic oxidation sites excluding steroid dienone is 1. The molecule has 0 N–H and O–H groups in total. The third-order valence-electron chi connectivity index (χ3n) is 9.06. The molecule has 0 rings (SSSR count). The SMILES string of the molecule is C=CCCCCCCCC[Si](O[Si](CC)(CC)CC)(O[Si](CC)(CC)CC)O[Si](CC)(CC)CC. The van der Waals surface area contributed by atoms with Crippen LogP contribution in [0.3, 0.4) is 0 Å². The molecule has 0 aliphatic heterocycles. The first kappa shape index (κ1) is 35.5. The Kier molecular flexibility index (Phi) is 19.0. The molecule has 0 saturated heterocycles. The lowest BCUT2D eigenvalue weighted by Gasteiger charge is -2.48. The van der Waals surface area contributed by atoms with Gasteiger partial charge in [0.15, 0.2) is 25.0 Å². The highest BCUT2D eigenvalue weighted by Crippen LogP contribution is 2.39. The summed E-state index contributed by atoms with van der Waals surface area (Å²) in [5, 5.41) is 0. The van der Waals surface area contributed by atoms with Crippen LogP contribution >= 0.6 is 0 Å². The maximum atomic E-state index is 7.55. The van der Waals surface area contributed by atoms with Crippen molar-refractivity contribution in [1.29, 1.82) is 0 Å². The maximum absolute atomic E-state index is 7.55. The van der Waals surface area contributed by atoms with Crippen molar-refractivity contribution in [2.75, 3.05) is 0 Å². The number of hydrogen-bond acceptors (Lipinski definition) is 3. The van der Waals surface area contributed by atoms with Crippen molar-refractivity contribution >= 4 is 33.8 Å². The molecule has 0 aliphatic carbocycles. The zero-order chi connectivity index (χ0) is 26.8. The second kappa shape index (κ2) is 18.7. The van der Waals surface area contributed by atoms with Crippen LogP contribution in [0.1, 0.15) is 107 Å². The van der Waals surface area contributed by atoms with Crippen molar-refractivity contribution in [1.82, 2.24) is 0 Å². The summed E-state index contributed by atoms with van der Waals surface area (Å²) in [6.45, 7) is 25.1. The minimum Gasteiger partial charge on any atom is -0.416 e. The molecule has 7 heteroatoms. The minimum atomic E-state index is -2.80. The highest BCUT2D eigenvalue weighted by Gasteiger charge is 2.54. The van der Waals surface area contributed by atoms with Crippen molar-refractivity contribution in [3.63, 3.8) is 0 Å². The summed E-state index contributed by atoms with van der Waals surface area (Å²) in [5.74, 6) is 0.